The van der Waals surface area contributed by atoms with Crippen molar-refractivity contribution in [3.8, 4) is 0 Å². The van der Waals surface area contributed by atoms with Gasteiger partial charge in [0, 0.05) is 38.5 Å². The van der Waals surface area contributed by atoms with Gasteiger partial charge in [0.25, 0.3) is 0 Å². The second-order valence-electron chi connectivity index (χ2n) is 4.68. The summed E-state index contributed by atoms with van der Waals surface area (Å²) in [5.41, 5.74) is 2.45. The van der Waals surface area contributed by atoms with Crippen molar-refractivity contribution in [2.45, 2.75) is 19.1 Å². The molecule has 18 heavy (non-hydrogen) atoms. The van der Waals surface area contributed by atoms with E-state index in [9.17, 15) is 0 Å². The molecule has 0 saturated carbocycles. The van der Waals surface area contributed by atoms with Crippen LogP contribution in [0.1, 0.15) is 17.3 Å². The first-order valence-electron chi connectivity index (χ1n) is 6.11. The van der Waals surface area contributed by atoms with E-state index in [0.29, 0.717) is 12.6 Å². The van der Waals surface area contributed by atoms with Crippen molar-refractivity contribution in [3.05, 3.63) is 42.1 Å². The topological polar surface area (TPSA) is 43.4 Å². The van der Waals surface area contributed by atoms with Gasteiger partial charge in [-0.05, 0) is 12.1 Å². The van der Waals surface area contributed by atoms with E-state index in [1.807, 2.05) is 12.3 Å². The standard InChI is InChI=1S/C13H17N3O2/c1-17-10-13-8-15(6-11-3-5-18-9-11)7-12-2-4-14-16(12)13/h2-5,9,13H,6-8,10H2,1H3. The summed E-state index contributed by atoms with van der Waals surface area (Å²) in [5, 5.41) is 4.38. The molecule has 1 aliphatic rings. The fourth-order valence-corrected chi connectivity index (χ4v) is 2.54. The molecule has 0 aromatic carbocycles. The second-order valence-corrected chi connectivity index (χ2v) is 4.68. The number of furan rings is 1. The van der Waals surface area contributed by atoms with Crippen LogP contribution >= 0.6 is 0 Å². The van der Waals surface area contributed by atoms with Crippen molar-refractivity contribution in [2.75, 3.05) is 20.3 Å². The third-order valence-corrected chi connectivity index (χ3v) is 3.30. The Labute approximate surface area is 106 Å². The highest BCUT2D eigenvalue weighted by atomic mass is 16.5. The van der Waals surface area contributed by atoms with E-state index in [2.05, 4.69) is 20.7 Å². The first-order valence-corrected chi connectivity index (χ1v) is 6.11. The van der Waals surface area contributed by atoms with Gasteiger partial charge in [0.2, 0.25) is 0 Å². The van der Waals surface area contributed by atoms with E-state index in [0.717, 1.165) is 19.6 Å². The molecule has 0 N–H and O–H groups in total. The Morgan fingerprint density at radius 1 is 1.50 bits per heavy atom. The van der Waals surface area contributed by atoms with Gasteiger partial charge in [-0.2, -0.15) is 5.10 Å². The van der Waals surface area contributed by atoms with E-state index < -0.39 is 0 Å². The van der Waals surface area contributed by atoms with Crippen molar-refractivity contribution >= 4 is 0 Å². The average molecular weight is 247 g/mol. The lowest BCUT2D eigenvalue weighted by atomic mass is 10.2. The van der Waals surface area contributed by atoms with Crippen LogP contribution in [-0.2, 0) is 17.8 Å². The van der Waals surface area contributed by atoms with Gasteiger partial charge in [-0.1, -0.05) is 0 Å². The van der Waals surface area contributed by atoms with Gasteiger partial charge in [0.15, 0.2) is 0 Å². The van der Waals surface area contributed by atoms with Crippen LogP contribution in [0, 0.1) is 0 Å². The number of hydrogen-bond donors (Lipinski definition) is 0. The Kier molecular flexibility index (Phi) is 3.17. The maximum absolute atomic E-state index is 5.29. The lowest BCUT2D eigenvalue weighted by Gasteiger charge is -2.33. The van der Waals surface area contributed by atoms with Crippen LogP contribution in [0.2, 0.25) is 0 Å². The molecule has 0 bridgehead atoms. The number of hydrogen-bond acceptors (Lipinski definition) is 4. The minimum Gasteiger partial charge on any atom is -0.472 e. The predicted octanol–water partition coefficient (Wildman–Crippen LogP) is 1.68. The molecule has 0 aliphatic carbocycles. The molecule has 5 heteroatoms. The summed E-state index contributed by atoms with van der Waals surface area (Å²) in [5.74, 6) is 0. The van der Waals surface area contributed by atoms with E-state index in [1.165, 1.54) is 11.3 Å². The van der Waals surface area contributed by atoms with Gasteiger partial charge < -0.3 is 9.15 Å². The summed E-state index contributed by atoms with van der Waals surface area (Å²) in [6.07, 6.45) is 5.38. The molecule has 1 unspecified atom stereocenters. The Hall–Kier alpha value is -1.59. The highest BCUT2D eigenvalue weighted by molar-refractivity contribution is 5.09. The molecule has 1 aliphatic heterocycles. The number of fused-ring (bicyclic) bond motifs is 1. The van der Waals surface area contributed by atoms with Crippen molar-refractivity contribution in [3.63, 3.8) is 0 Å². The predicted molar refractivity (Wildman–Crippen MR) is 66.0 cm³/mol. The normalized spacial score (nSPS) is 19.9. The Morgan fingerprint density at radius 3 is 3.22 bits per heavy atom. The van der Waals surface area contributed by atoms with Crippen LogP contribution in [0.5, 0.6) is 0 Å². The third kappa shape index (κ3) is 2.19. The summed E-state index contributed by atoms with van der Waals surface area (Å²) in [4.78, 5) is 2.39. The smallest absolute Gasteiger partial charge is 0.0947 e. The zero-order valence-electron chi connectivity index (χ0n) is 10.5. The molecular formula is C13H17N3O2. The number of methoxy groups -OCH3 is 1. The van der Waals surface area contributed by atoms with Crippen LogP contribution < -0.4 is 0 Å². The second kappa shape index (κ2) is 4.96. The molecular weight excluding hydrogens is 230 g/mol. The summed E-state index contributed by atoms with van der Waals surface area (Å²) >= 11 is 0. The van der Waals surface area contributed by atoms with Gasteiger partial charge in [-0.25, -0.2) is 0 Å². The van der Waals surface area contributed by atoms with Crippen molar-refractivity contribution in [2.24, 2.45) is 0 Å². The molecule has 0 radical (unpaired) electrons. The molecule has 2 aromatic rings. The molecule has 5 nitrogen and oxygen atoms in total. The fourth-order valence-electron chi connectivity index (χ4n) is 2.54. The first-order chi connectivity index (χ1) is 8.86. The Morgan fingerprint density at radius 2 is 2.44 bits per heavy atom. The quantitative estimate of drug-likeness (QED) is 0.824. The zero-order valence-corrected chi connectivity index (χ0v) is 10.5. The van der Waals surface area contributed by atoms with Crippen LogP contribution in [0.25, 0.3) is 0 Å². The molecule has 0 fully saturated rings. The van der Waals surface area contributed by atoms with Crippen molar-refractivity contribution < 1.29 is 9.15 Å². The SMILES string of the molecule is COCC1CN(Cc2ccoc2)Cc2ccnn21. The summed E-state index contributed by atoms with van der Waals surface area (Å²) in [6.45, 7) is 3.47. The lowest BCUT2D eigenvalue weighted by Crippen LogP contribution is -2.38. The zero-order chi connectivity index (χ0) is 12.4. The summed E-state index contributed by atoms with van der Waals surface area (Å²) in [7, 11) is 1.73. The Balaban J connectivity index is 1.76. The number of aromatic nitrogens is 2. The molecule has 3 heterocycles. The summed E-state index contributed by atoms with van der Waals surface area (Å²) < 4.78 is 12.5. The minimum absolute atomic E-state index is 0.292. The Bertz CT molecular complexity index is 492. The maximum atomic E-state index is 5.29. The molecule has 96 valence electrons. The van der Waals surface area contributed by atoms with Crippen LogP contribution in [0.3, 0.4) is 0 Å². The molecule has 3 rings (SSSR count). The van der Waals surface area contributed by atoms with E-state index in [1.54, 1.807) is 19.6 Å². The summed E-state index contributed by atoms with van der Waals surface area (Å²) in [6, 6.07) is 4.38. The van der Waals surface area contributed by atoms with Gasteiger partial charge in [0.05, 0.1) is 30.9 Å². The lowest BCUT2D eigenvalue weighted by molar-refractivity contribution is 0.0906. The monoisotopic (exact) mass is 247 g/mol. The van der Waals surface area contributed by atoms with Crippen LogP contribution in [0.4, 0.5) is 0 Å². The molecule has 1 atom stereocenters. The van der Waals surface area contributed by atoms with Crippen LogP contribution in [-0.4, -0.2) is 34.9 Å². The van der Waals surface area contributed by atoms with Gasteiger partial charge in [-0.15, -0.1) is 0 Å². The van der Waals surface area contributed by atoms with Crippen molar-refractivity contribution in [1.82, 2.24) is 14.7 Å². The number of rotatable bonds is 4. The number of ether oxygens (including phenoxy) is 1. The minimum atomic E-state index is 0.292. The van der Waals surface area contributed by atoms with Crippen LogP contribution in [0.15, 0.2) is 35.3 Å². The van der Waals surface area contributed by atoms with E-state index in [4.69, 9.17) is 9.15 Å². The third-order valence-electron chi connectivity index (χ3n) is 3.30. The molecule has 0 spiro atoms. The maximum Gasteiger partial charge on any atom is 0.0947 e. The highest BCUT2D eigenvalue weighted by Crippen LogP contribution is 2.22. The fraction of sp³-hybridized carbons (Fsp3) is 0.462. The molecule has 2 aromatic heterocycles. The average Bonchev–Trinajstić information content (AvgIpc) is 3.00. The van der Waals surface area contributed by atoms with Gasteiger partial charge >= 0.3 is 0 Å². The molecule has 0 amide bonds. The number of nitrogens with zero attached hydrogens (tertiary/aromatic N) is 3. The van der Waals surface area contributed by atoms with Gasteiger partial charge in [-0.3, -0.25) is 9.58 Å². The largest absolute Gasteiger partial charge is 0.472 e. The van der Waals surface area contributed by atoms with E-state index >= 15 is 0 Å². The first kappa shape index (κ1) is 11.5. The highest BCUT2D eigenvalue weighted by Gasteiger charge is 2.25. The van der Waals surface area contributed by atoms with E-state index in [-0.39, 0.29) is 0 Å². The van der Waals surface area contributed by atoms with Crippen molar-refractivity contribution in [1.29, 1.82) is 0 Å². The molecule has 0 saturated heterocycles. The van der Waals surface area contributed by atoms with Gasteiger partial charge in [0.1, 0.15) is 0 Å².